The standard InChI is InChI=1S/C15H17N3O2/c16-10-12(9-11-5-2-1-3-6-11)14(19)18-13-7-4-8-17-15(13)20/h1-3,5-6,12-13H,4,7-9H2,(H,17,20)(H,18,19). The quantitative estimate of drug-likeness (QED) is 0.848. The van der Waals surface area contributed by atoms with Gasteiger partial charge in [-0.1, -0.05) is 30.3 Å². The molecule has 1 saturated heterocycles. The highest BCUT2D eigenvalue weighted by molar-refractivity contribution is 5.89. The number of hydrogen-bond donors (Lipinski definition) is 2. The van der Waals surface area contributed by atoms with Crippen LogP contribution in [0.5, 0.6) is 0 Å². The summed E-state index contributed by atoms with van der Waals surface area (Å²) in [6.45, 7) is 0.650. The van der Waals surface area contributed by atoms with Crippen LogP contribution in [0.1, 0.15) is 18.4 Å². The lowest BCUT2D eigenvalue weighted by Crippen LogP contribution is -2.51. The lowest BCUT2D eigenvalue weighted by molar-refractivity contribution is -0.131. The molecule has 2 atom stereocenters. The summed E-state index contributed by atoms with van der Waals surface area (Å²) in [5.74, 6) is -1.31. The fraction of sp³-hybridized carbons (Fsp3) is 0.400. The first-order valence-electron chi connectivity index (χ1n) is 6.72. The summed E-state index contributed by atoms with van der Waals surface area (Å²) in [7, 11) is 0. The number of carbonyl (C=O) groups excluding carboxylic acids is 2. The molecular formula is C15H17N3O2. The topological polar surface area (TPSA) is 82.0 Å². The summed E-state index contributed by atoms with van der Waals surface area (Å²) in [5, 5.41) is 14.5. The van der Waals surface area contributed by atoms with Crippen molar-refractivity contribution in [3.8, 4) is 6.07 Å². The molecule has 0 aliphatic carbocycles. The summed E-state index contributed by atoms with van der Waals surface area (Å²) in [5.41, 5.74) is 0.933. The van der Waals surface area contributed by atoms with E-state index in [1.165, 1.54) is 0 Å². The minimum absolute atomic E-state index is 0.166. The molecule has 2 rings (SSSR count). The fourth-order valence-electron chi connectivity index (χ4n) is 2.23. The summed E-state index contributed by atoms with van der Waals surface area (Å²) in [6.07, 6.45) is 1.82. The minimum atomic E-state index is -0.771. The van der Waals surface area contributed by atoms with Gasteiger partial charge in [-0.3, -0.25) is 9.59 Å². The van der Waals surface area contributed by atoms with Crippen LogP contribution in [0, 0.1) is 17.2 Å². The summed E-state index contributed by atoms with van der Waals surface area (Å²) >= 11 is 0. The Labute approximate surface area is 118 Å². The molecule has 1 aromatic rings. The highest BCUT2D eigenvalue weighted by atomic mass is 16.2. The molecular weight excluding hydrogens is 254 g/mol. The second-order valence-electron chi connectivity index (χ2n) is 4.87. The summed E-state index contributed by atoms with van der Waals surface area (Å²) < 4.78 is 0. The maximum atomic E-state index is 12.1. The molecule has 0 bridgehead atoms. The monoisotopic (exact) mass is 271 g/mol. The average Bonchev–Trinajstić information content (AvgIpc) is 2.48. The van der Waals surface area contributed by atoms with E-state index in [-0.39, 0.29) is 11.8 Å². The molecule has 5 heteroatoms. The van der Waals surface area contributed by atoms with Gasteiger partial charge in [-0.2, -0.15) is 5.26 Å². The van der Waals surface area contributed by atoms with Crippen LogP contribution in [0.2, 0.25) is 0 Å². The van der Waals surface area contributed by atoms with Crippen molar-refractivity contribution >= 4 is 11.8 Å². The molecule has 2 N–H and O–H groups in total. The van der Waals surface area contributed by atoms with Crippen LogP contribution in [0.25, 0.3) is 0 Å². The number of amides is 2. The van der Waals surface area contributed by atoms with Crippen molar-refractivity contribution in [1.82, 2.24) is 10.6 Å². The van der Waals surface area contributed by atoms with Crippen molar-refractivity contribution < 1.29 is 9.59 Å². The Hall–Kier alpha value is -2.35. The van der Waals surface area contributed by atoms with Gasteiger partial charge in [0.05, 0.1) is 6.07 Å². The molecule has 20 heavy (non-hydrogen) atoms. The van der Waals surface area contributed by atoms with Crippen LogP contribution in [-0.4, -0.2) is 24.4 Å². The van der Waals surface area contributed by atoms with Crippen molar-refractivity contribution in [2.75, 3.05) is 6.54 Å². The molecule has 1 aliphatic rings. The van der Waals surface area contributed by atoms with Crippen LogP contribution < -0.4 is 10.6 Å². The molecule has 5 nitrogen and oxygen atoms in total. The first-order valence-corrected chi connectivity index (χ1v) is 6.72. The van der Waals surface area contributed by atoms with Gasteiger partial charge in [0.2, 0.25) is 11.8 Å². The zero-order valence-electron chi connectivity index (χ0n) is 11.1. The van der Waals surface area contributed by atoms with Crippen LogP contribution >= 0.6 is 0 Å². The summed E-state index contributed by atoms with van der Waals surface area (Å²) in [4.78, 5) is 23.7. The predicted octanol–water partition coefficient (Wildman–Crippen LogP) is 0.764. The van der Waals surface area contributed by atoms with Crippen LogP contribution in [-0.2, 0) is 16.0 Å². The Morgan fingerprint density at radius 2 is 2.20 bits per heavy atom. The van der Waals surface area contributed by atoms with E-state index in [4.69, 9.17) is 5.26 Å². The molecule has 0 saturated carbocycles. The number of nitrogens with one attached hydrogen (secondary N) is 2. The second kappa shape index (κ2) is 6.71. The van der Waals surface area contributed by atoms with Crippen LogP contribution in [0.15, 0.2) is 30.3 Å². The Kier molecular flexibility index (Phi) is 4.72. The van der Waals surface area contributed by atoms with Gasteiger partial charge < -0.3 is 10.6 Å². The van der Waals surface area contributed by atoms with Gasteiger partial charge in [0, 0.05) is 6.54 Å². The van der Waals surface area contributed by atoms with Crippen molar-refractivity contribution in [1.29, 1.82) is 5.26 Å². The number of rotatable bonds is 4. The first kappa shape index (κ1) is 14.1. The Morgan fingerprint density at radius 3 is 2.85 bits per heavy atom. The van der Waals surface area contributed by atoms with E-state index < -0.39 is 12.0 Å². The number of benzene rings is 1. The lowest BCUT2D eigenvalue weighted by atomic mass is 9.98. The van der Waals surface area contributed by atoms with Crippen LogP contribution in [0.3, 0.4) is 0 Å². The maximum Gasteiger partial charge on any atom is 0.242 e. The van der Waals surface area contributed by atoms with E-state index in [1.54, 1.807) is 0 Å². The Morgan fingerprint density at radius 1 is 1.45 bits per heavy atom. The molecule has 0 spiro atoms. The van der Waals surface area contributed by atoms with Gasteiger partial charge >= 0.3 is 0 Å². The molecule has 1 heterocycles. The zero-order chi connectivity index (χ0) is 14.4. The third-order valence-corrected chi connectivity index (χ3v) is 3.36. The Bertz CT molecular complexity index is 522. The summed E-state index contributed by atoms with van der Waals surface area (Å²) in [6, 6.07) is 10.9. The van der Waals surface area contributed by atoms with Crippen molar-refractivity contribution in [2.24, 2.45) is 5.92 Å². The van der Waals surface area contributed by atoms with Crippen LogP contribution in [0.4, 0.5) is 0 Å². The predicted molar refractivity (Wildman–Crippen MR) is 73.4 cm³/mol. The number of nitriles is 1. The van der Waals surface area contributed by atoms with Gasteiger partial charge in [0.25, 0.3) is 0 Å². The Balaban J connectivity index is 1.95. The number of hydrogen-bond acceptors (Lipinski definition) is 3. The third kappa shape index (κ3) is 3.58. The largest absolute Gasteiger partial charge is 0.354 e. The van der Waals surface area contributed by atoms with Crippen molar-refractivity contribution in [2.45, 2.75) is 25.3 Å². The minimum Gasteiger partial charge on any atom is -0.354 e. The first-order chi connectivity index (χ1) is 9.70. The number of piperidine rings is 1. The van der Waals surface area contributed by atoms with Gasteiger partial charge in [-0.15, -0.1) is 0 Å². The smallest absolute Gasteiger partial charge is 0.242 e. The van der Waals surface area contributed by atoms with Gasteiger partial charge in [0.15, 0.2) is 0 Å². The van der Waals surface area contributed by atoms with Crippen molar-refractivity contribution in [3.63, 3.8) is 0 Å². The third-order valence-electron chi connectivity index (χ3n) is 3.36. The molecule has 1 fully saturated rings. The van der Waals surface area contributed by atoms with E-state index in [0.29, 0.717) is 19.4 Å². The normalized spacial score (nSPS) is 19.6. The van der Waals surface area contributed by atoms with Gasteiger partial charge in [-0.05, 0) is 24.8 Å². The molecule has 2 amide bonds. The van der Waals surface area contributed by atoms with E-state index in [1.807, 2.05) is 36.4 Å². The molecule has 2 unspecified atom stereocenters. The van der Waals surface area contributed by atoms with E-state index in [0.717, 1.165) is 12.0 Å². The highest BCUT2D eigenvalue weighted by Gasteiger charge is 2.27. The highest BCUT2D eigenvalue weighted by Crippen LogP contribution is 2.10. The number of nitrogens with zero attached hydrogens (tertiary/aromatic N) is 1. The second-order valence-corrected chi connectivity index (χ2v) is 4.87. The molecule has 0 aromatic heterocycles. The maximum absolute atomic E-state index is 12.1. The van der Waals surface area contributed by atoms with E-state index >= 15 is 0 Å². The molecule has 104 valence electrons. The van der Waals surface area contributed by atoms with Crippen molar-refractivity contribution in [3.05, 3.63) is 35.9 Å². The van der Waals surface area contributed by atoms with Gasteiger partial charge in [0.1, 0.15) is 12.0 Å². The molecule has 1 aromatic carbocycles. The SMILES string of the molecule is N#CC(Cc1ccccc1)C(=O)NC1CCCNC1=O. The number of carbonyl (C=O) groups is 2. The van der Waals surface area contributed by atoms with E-state index in [9.17, 15) is 9.59 Å². The molecule has 1 aliphatic heterocycles. The van der Waals surface area contributed by atoms with Gasteiger partial charge in [-0.25, -0.2) is 0 Å². The average molecular weight is 271 g/mol. The fourth-order valence-corrected chi connectivity index (χ4v) is 2.23. The lowest BCUT2D eigenvalue weighted by Gasteiger charge is -2.23. The van der Waals surface area contributed by atoms with E-state index in [2.05, 4.69) is 10.6 Å². The zero-order valence-corrected chi connectivity index (χ0v) is 11.1. The molecule has 0 radical (unpaired) electrons.